The van der Waals surface area contributed by atoms with Crippen LogP contribution in [0.3, 0.4) is 0 Å². The van der Waals surface area contributed by atoms with Gasteiger partial charge in [-0.1, -0.05) is 41.5 Å². The minimum atomic E-state index is -4.43. The average Bonchev–Trinajstić information content (AvgIpc) is 2.33. The lowest BCUT2D eigenvalue weighted by Crippen LogP contribution is -2.72. The molecular formula is C12H32O3SSi2. The molecule has 0 aliphatic carbocycles. The van der Waals surface area contributed by atoms with E-state index >= 15 is 0 Å². The first-order chi connectivity index (χ1) is 8.15. The standard InChI is InChI=1S/C12H32O3SSi2/c1-7-17(8-2,9-3)16(13,14,15)18(10-4,11-5)12-6/h7-12H2,1-6H3,(H2,13,14,15). The fraction of sp³-hybridized carbons (Fsp3) is 1.00. The lowest BCUT2D eigenvalue weighted by Gasteiger charge is -2.57. The molecule has 0 fully saturated rings. The maximum absolute atomic E-state index is 13.5. The van der Waals surface area contributed by atoms with Crippen LogP contribution in [-0.2, 0) is 8.53 Å². The summed E-state index contributed by atoms with van der Waals surface area (Å²) in [4.78, 5) is 0. The Hall–Kier alpha value is 0.504. The first-order valence-electron chi connectivity index (χ1n) is 7.30. The fourth-order valence-electron chi connectivity index (χ4n) is 3.52. The van der Waals surface area contributed by atoms with Gasteiger partial charge in [-0.2, -0.15) is 0 Å². The van der Waals surface area contributed by atoms with Crippen molar-refractivity contribution >= 4 is 23.0 Å². The maximum atomic E-state index is 13.5. The van der Waals surface area contributed by atoms with Crippen molar-refractivity contribution in [3.8, 4) is 0 Å². The molecule has 0 saturated heterocycles. The minimum absolute atomic E-state index is 0.702. The van der Waals surface area contributed by atoms with E-state index < -0.39 is 23.0 Å². The number of hydrogen-bond acceptors (Lipinski definition) is 1. The van der Waals surface area contributed by atoms with Gasteiger partial charge in [0.1, 0.15) is 0 Å². The first-order valence-corrected chi connectivity index (χ1v) is 15.9. The predicted octanol–water partition coefficient (Wildman–Crippen LogP) is 4.76. The monoisotopic (exact) mass is 312 g/mol. The van der Waals surface area contributed by atoms with E-state index in [9.17, 15) is 13.3 Å². The summed E-state index contributed by atoms with van der Waals surface area (Å²) in [5.74, 6) is 0. The van der Waals surface area contributed by atoms with Gasteiger partial charge in [0.05, 0.1) is 0 Å². The molecule has 0 amide bonds. The van der Waals surface area contributed by atoms with E-state index in [1.54, 1.807) is 0 Å². The summed E-state index contributed by atoms with van der Waals surface area (Å²) >= 11 is 0. The van der Waals surface area contributed by atoms with Crippen LogP contribution in [0.4, 0.5) is 0 Å². The van der Waals surface area contributed by atoms with E-state index in [2.05, 4.69) is 0 Å². The van der Waals surface area contributed by atoms with Crippen LogP contribution in [-0.4, -0.2) is 27.8 Å². The second-order valence-corrected chi connectivity index (χ2v) is 26.9. The molecule has 0 aliphatic rings. The van der Waals surface area contributed by atoms with Crippen molar-refractivity contribution in [3.63, 3.8) is 0 Å². The van der Waals surface area contributed by atoms with Gasteiger partial charge in [-0.05, 0) is 36.3 Å². The minimum Gasteiger partial charge on any atom is -0.317 e. The summed E-state index contributed by atoms with van der Waals surface area (Å²) in [7, 11) is -9.52. The van der Waals surface area contributed by atoms with Gasteiger partial charge in [-0.15, -0.1) is 0 Å². The molecular weight excluding hydrogens is 280 g/mol. The molecule has 0 unspecified atom stereocenters. The maximum Gasteiger partial charge on any atom is 0.182 e. The van der Waals surface area contributed by atoms with Crippen LogP contribution < -0.4 is 0 Å². The summed E-state index contributed by atoms with van der Waals surface area (Å²) < 4.78 is 35.5. The first kappa shape index (κ1) is 18.5. The Morgan fingerprint density at radius 2 is 0.833 bits per heavy atom. The summed E-state index contributed by atoms with van der Waals surface area (Å²) in [5, 5.41) is 0. The molecule has 18 heavy (non-hydrogen) atoms. The zero-order chi connectivity index (χ0) is 14.7. The van der Waals surface area contributed by atoms with Crippen LogP contribution >= 0.6 is 0 Å². The molecule has 0 saturated carbocycles. The van der Waals surface area contributed by atoms with E-state index in [1.165, 1.54) is 0 Å². The molecule has 0 bridgehead atoms. The Morgan fingerprint density at radius 3 is 0.944 bits per heavy atom. The van der Waals surface area contributed by atoms with Gasteiger partial charge in [-0.3, -0.25) is 0 Å². The Morgan fingerprint density at radius 1 is 0.667 bits per heavy atom. The molecule has 112 valence electrons. The van der Waals surface area contributed by atoms with Crippen LogP contribution in [0, 0.1) is 0 Å². The molecule has 0 aliphatic heterocycles. The largest absolute Gasteiger partial charge is 0.317 e. The summed E-state index contributed by atoms with van der Waals surface area (Å²) in [6.07, 6.45) is 0. The van der Waals surface area contributed by atoms with Crippen molar-refractivity contribution in [3.05, 3.63) is 0 Å². The van der Waals surface area contributed by atoms with Crippen molar-refractivity contribution in [2.75, 3.05) is 0 Å². The van der Waals surface area contributed by atoms with Crippen molar-refractivity contribution in [2.45, 2.75) is 77.8 Å². The zero-order valence-corrected chi connectivity index (χ0v) is 15.8. The highest BCUT2D eigenvalue weighted by Crippen LogP contribution is 2.50. The van der Waals surface area contributed by atoms with Gasteiger partial charge in [0.2, 0.25) is 0 Å². The zero-order valence-electron chi connectivity index (χ0n) is 13.0. The van der Waals surface area contributed by atoms with Crippen LogP contribution in [0.25, 0.3) is 0 Å². The molecule has 0 aromatic rings. The van der Waals surface area contributed by atoms with E-state index in [-0.39, 0.29) is 0 Å². The SMILES string of the molecule is CC[Si](CC)(CC)S(=O)(O)(O)[Si](CC)(CC)CC. The van der Waals surface area contributed by atoms with Gasteiger partial charge in [-0.25, -0.2) is 4.21 Å². The average molecular weight is 313 g/mol. The normalized spacial score (nSPS) is 16.3. The quantitative estimate of drug-likeness (QED) is 0.635. The molecule has 0 aromatic carbocycles. The van der Waals surface area contributed by atoms with Crippen LogP contribution in [0.15, 0.2) is 0 Å². The highest BCUT2D eigenvalue weighted by Gasteiger charge is 2.64. The van der Waals surface area contributed by atoms with Gasteiger partial charge >= 0.3 is 0 Å². The second-order valence-electron chi connectivity index (χ2n) is 5.35. The van der Waals surface area contributed by atoms with Gasteiger partial charge < -0.3 is 9.11 Å². The molecule has 2 N–H and O–H groups in total. The van der Waals surface area contributed by atoms with E-state index in [0.29, 0.717) is 36.3 Å². The topological polar surface area (TPSA) is 57.5 Å². The van der Waals surface area contributed by atoms with Crippen LogP contribution in [0.5, 0.6) is 0 Å². The van der Waals surface area contributed by atoms with Crippen molar-refractivity contribution in [2.24, 2.45) is 0 Å². The smallest absolute Gasteiger partial charge is 0.182 e. The third-order valence-electron chi connectivity index (χ3n) is 5.43. The number of rotatable bonds is 8. The highest BCUT2D eigenvalue weighted by atomic mass is 32.7. The summed E-state index contributed by atoms with van der Waals surface area (Å²) in [5.41, 5.74) is 0. The Bertz CT molecular complexity index is 288. The van der Waals surface area contributed by atoms with Crippen LogP contribution in [0.1, 0.15) is 41.5 Å². The van der Waals surface area contributed by atoms with Crippen LogP contribution in [0.2, 0.25) is 36.3 Å². The van der Waals surface area contributed by atoms with Crippen molar-refractivity contribution in [1.29, 1.82) is 0 Å². The molecule has 0 spiro atoms. The van der Waals surface area contributed by atoms with E-state index in [0.717, 1.165) is 0 Å². The summed E-state index contributed by atoms with van der Waals surface area (Å²) in [6, 6.07) is 4.21. The van der Waals surface area contributed by atoms with E-state index in [4.69, 9.17) is 0 Å². The fourth-order valence-corrected chi connectivity index (χ4v) is 38.7. The van der Waals surface area contributed by atoms with Gasteiger partial charge in [0.15, 0.2) is 14.4 Å². The van der Waals surface area contributed by atoms with Crippen molar-refractivity contribution < 1.29 is 13.3 Å². The lowest BCUT2D eigenvalue weighted by atomic mass is 10.9. The van der Waals surface area contributed by atoms with Gasteiger partial charge in [0, 0.05) is 8.53 Å². The van der Waals surface area contributed by atoms with E-state index in [1.807, 2.05) is 41.5 Å². The summed E-state index contributed by atoms with van der Waals surface area (Å²) in [6.45, 7) is 11.9. The molecule has 3 nitrogen and oxygen atoms in total. The Labute approximate surface area is 114 Å². The lowest BCUT2D eigenvalue weighted by molar-refractivity contribution is 0.425. The van der Waals surface area contributed by atoms with Crippen molar-refractivity contribution in [1.82, 2.24) is 0 Å². The molecule has 0 atom stereocenters. The Kier molecular flexibility index (Phi) is 6.03. The Balaban J connectivity index is 6.16. The molecule has 0 radical (unpaired) electrons. The second kappa shape index (κ2) is 5.87. The molecule has 0 rings (SSSR count). The number of hydrogen-bond donors (Lipinski definition) is 2. The highest BCUT2D eigenvalue weighted by molar-refractivity contribution is 8.57. The third-order valence-corrected chi connectivity index (χ3v) is 38.6. The predicted molar refractivity (Wildman–Crippen MR) is 87.8 cm³/mol. The molecule has 0 aromatic heterocycles. The molecule has 6 heteroatoms. The third kappa shape index (κ3) is 2.20. The van der Waals surface area contributed by atoms with Gasteiger partial charge in [0.25, 0.3) is 0 Å². The molecule has 0 heterocycles.